The van der Waals surface area contributed by atoms with Gasteiger partial charge in [0, 0.05) is 31.9 Å². The molecule has 1 fully saturated rings. The molecule has 0 amide bonds. The molecule has 1 aliphatic rings. The molecule has 1 atom stereocenters. The van der Waals surface area contributed by atoms with Gasteiger partial charge in [0.15, 0.2) is 0 Å². The molecule has 1 saturated heterocycles. The predicted octanol–water partition coefficient (Wildman–Crippen LogP) is 1.06. The van der Waals surface area contributed by atoms with Crippen LogP contribution in [0.1, 0.15) is 24.2 Å². The Bertz CT molecular complexity index is 405. The number of carbonyl (C=O) groups excluding carboxylic acids is 1. The molecule has 0 saturated carbocycles. The van der Waals surface area contributed by atoms with Gasteiger partial charge in [0.25, 0.3) is 0 Å². The lowest BCUT2D eigenvalue weighted by Gasteiger charge is -2.32. The van der Waals surface area contributed by atoms with Gasteiger partial charge in [0.1, 0.15) is 5.82 Å². The van der Waals surface area contributed by atoms with E-state index in [-0.39, 0.29) is 5.97 Å². The molecule has 2 rings (SSSR count). The SMILES string of the molecule is CCOC(=O)c1ccc(N2CCNC(C)C2)nc1. The topological polar surface area (TPSA) is 54.5 Å². The minimum absolute atomic E-state index is 0.315. The van der Waals surface area contributed by atoms with Crippen LogP contribution in [0.2, 0.25) is 0 Å². The normalized spacial score (nSPS) is 19.7. The molecular formula is C13H19N3O2. The number of rotatable bonds is 3. The summed E-state index contributed by atoms with van der Waals surface area (Å²) < 4.78 is 4.93. The lowest BCUT2D eigenvalue weighted by molar-refractivity contribution is 0.0526. The summed E-state index contributed by atoms with van der Waals surface area (Å²) in [6.45, 7) is 7.17. The Morgan fingerprint density at radius 1 is 1.61 bits per heavy atom. The van der Waals surface area contributed by atoms with E-state index in [9.17, 15) is 4.79 Å². The fraction of sp³-hybridized carbons (Fsp3) is 0.538. The van der Waals surface area contributed by atoms with Crippen LogP contribution >= 0.6 is 0 Å². The van der Waals surface area contributed by atoms with Crippen LogP contribution in [0.5, 0.6) is 0 Å². The number of ether oxygens (including phenoxy) is 1. The van der Waals surface area contributed by atoms with Crippen molar-refractivity contribution in [2.24, 2.45) is 0 Å². The highest BCUT2D eigenvalue weighted by molar-refractivity contribution is 5.89. The van der Waals surface area contributed by atoms with Crippen molar-refractivity contribution in [3.8, 4) is 0 Å². The summed E-state index contributed by atoms with van der Waals surface area (Å²) in [7, 11) is 0. The van der Waals surface area contributed by atoms with Gasteiger partial charge in [-0.3, -0.25) is 0 Å². The molecule has 5 nitrogen and oxygen atoms in total. The molecule has 0 aliphatic carbocycles. The zero-order chi connectivity index (χ0) is 13.0. The number of piperazine rings is 1. The summed E-state index contributed by atoms with van der Waals surface area (Å²) in [5.74, 6) is 0.599. The van der Waals surface area contributed by atoms with Gasteiger partial charge in [0.05, 0.1) is 12.2 Å². The maximum absolute atomic E-state index is 11.5. The van der Waals surface area contributed by atoms with E-state index in [4.69, 9.17) is 4.74 Å². The number of esters is 1. The van der Waals surface area contributed by atoms with Crippen molar-refractivity contribution in [2.45, 2.75) is 19.9 Å². The van der Waals surface area contributed by atoms with E-state index < -0.39 is 0 Å². The summed E-state index contributed by atoms with van der Waals surface area (Å²) in [5.41, 5.74) is 0.504. The minimum Gasteiger partial charge on any atom is -0.462 e. The van der Waals surface area contributed by atoms with Gasteiger partial charge in [0.2, 0.25) is 0 Å². The van der Waals surface area contributed by atoms with Crippen molar-refractivity contribution >= 4 is 11.8 Å². The first-order valence-corrected chi connectivity index (χ1v) is 6.32. The third-order valence-corrected chi connectivity index (χ3v) is 2.95. The molecule has 0 aromatic carbocycles. The van der Waals surface area contributed by atoms with Gasteiger partial charge in [-0.2, -0.15) is 0 Å². The average Bonchev–Trinajstić information content (AvgIpc) is 2.39. The maximum atomic E-state index is 11.5. The quantitative estimate of drug-likeness (QED) is 0.812. The minimum atomic E-state index is -0.315. The second-order valence-corrected chi connectivity index (χ2v) is 4.43. The third-order valence-electron chi connectivity index (χ3n) is 2.95. The first-order chi connectivity index (χ1) is 8.70. The predicted molar refractivity (Wildman–Crippen MR) is 69.9 cm³/mol. The van der Waals surface area contributed by atoms with Crippen LogP contribution in [0.25, 0.3) is 0 Å². The lowest BCUT2D eigenvalue weighted by Crippen LogP contribution is -2.49. The number of pyridine rings is 1. The Balaban J connectivity index is 2.05. The van der Waals surface area contributed by atoms with Crippen LogP contribution in [0.15, 0.2) is 18.3 Å². The zero-order valence-corrected chi connectivity index (χ0v) is 10.8. The van der Waals surface area contributed by atoms with Crippen molar-refractivity contribution < 1.29 is 9.53 Å². The summed E-state index contributed by atoms with van der Waals surface area (Å²) >= 11 is 0. The van der Waals surface area contributed by atoms with E-state index in [2.05, 4.69) is 22.1 Å². The van der Waals surface area contributed by atoms with Crippen LogP contribution in [0.3, 0.4) is 0 Å². The summed E-state index contributed by atoms with van der Waals surface area (Å²) in [4.78, 5) is 18.1. The van der Waals surface area contributed by atoms with Crippen LogP contribution < -0.4 is 10.2 Å². The molecule has 0 spiro atoms. The highest BCUT2D eigenvalue weighted by Gasteiger charge is 2.17. The smallest absolute Gasteiger partial charge is 0.339 e. The molecule has 1 aliphatic heterocycles. The highest BCUT2D eigenvalue weighted by Crippen LogP contribution is 2.13. The summed E-state index contributed by atoms with van der Waals surface area (Å²) in [6, 6.07) is 4.11. The molecule has 5 heteroatoms. The van der Waals surface area contributed by atoms with Crippen molar-refractivity contribution in [1.29, 1.82) is 0 Å². The molecule has 2 heterocycles. The van der Waals surface area contributed by atoms with E-state index in [1.54, 1.807) is 19.2 Å². The van der Waals surface area contributed by atoms with E-state index in [0.717, 1.165) is 25.5 Å². The molecular weight excluding hydrogens is 230 g/mol. The van der Waals surface area contributed by atoms with Gasteiger partial charge in [-0.1, -0.05) is 0 Å². The molecule has 1 N–H and O–H groups in total. The molecule has 0 radical (unpaired) electrons. The fourth-order valence-electron chi connectivity index (χ4n) is 2.05. The largest absolute Gasteiger partial charge is 0.462 e. The van der Waals surface area contributed by atoms with E-state index in [1.165, 1.54) is 0 Å². The number of aromatic nitrogens is 1. The van der Waals surface area contributed by atoms with E-state index in [1.807, 2.05) is 6.07 Å². The molecule has 98 valence electrons. The van der Waals surface area contributed by atoms with Gasteiger partial charge in [-0.25, -0.2) is 9.78 Å². The fourth-order valence-corrected chi connectivity index (χ4v) is 2.05. The molecule has 1 aromatic rings. The maximum Gasteiger partial charge on any atom is 0.339 e. The summed E-state index contributed by atoms with van der Waals surface area (Å²) in [6.07, 6.45) is 1.58. The Kier molecular flexibility index (Phi) is 4.15. The number of nitrogens with one attached hydrogen (secondary N) is 1. The summed E-state index contributed by atoms with van der Waals surface area (Å²) in [5, 5.41) is 3.38. The lowest BCUT2D eigenvalue weighted by atomic mass is 10.2. The van der Waals surface area contributed by atoms with Gasteiger partial charge in [-0.15, -0.1) is 0 Å². The Labute approximate surface area is 107 Å². The number of carbonyl (C=O) groups is 1. The van der Waals surface area contributed by atoms with Crippen molar-refractivity contribution in [3.63, 3.8) is 0 Å². The molecule has 18 heavy (non-hydrogen) atoms. The third kappa shape index (κ3) is 2.98. The number of hydrogen-bond donors (Lipinski definition) is 1. The monoisotopic (exact) mass is 249 g/mol. The van der Waals surface area contributed by atoms with E-state index >= 15 is 0 Å². The van der Waals surface area contributed by atoms with Crippen LogP contribution in [0, 0.1) is 0 Å². The second-order valence-electron chi connectivity index (χ2n) is 4.43. The molecule has 1 unspecified atom stereocenters. The first-order valence-electron chi connectivity index (χ1n) is 6.32. The van der Waals surface area contributed by atoms with Crippen LogP contribution in [0.4, 0.5) is 5.82 Å². The Morgan fingerprint density at radius 3 is 3.06 bits per heavy atom. The van der Waals surface area contributed by atoms with Gasteiger partial charge >= 0.3 is 5.97 Å². The molecule has 0 bridgehead atoms. The first kappa shape index (κ1) is 12.8. The van der Waals surface area contributed by atoms with Crippen LogP contribution in [-0.2, 0) is 4.74 Å². The number of anilines is 1. The second kappa shape index (κ2) is 5.82. The van der Waals surface area contributed by atoms with Crippen molar-refractivity contribution in [1.82, 2.24) is 10.3 Å². The zero-order valence-electron chi connectivity index (χ0n) is 10.8. The number of nitrogens with zero attached hydrogens (tertiary/aromatic N) is 2. The Morgan fingerprint density at radius 2 is 2.44 bits per heavy atom. The standard InChI is InChI=1S/C13H19N3O2/c1-3-18-13(17)11-4-5-12(15-8-11)16-7-6-14-10(2)9-16/h4-5,8,10,14H,3,6-7,9H2,1-2H3. The number of hydrogen-bond acceptors (Lipinski definition) is 5. The van der Waals surface area contributed by atoms with Crippen molar-refractivity contribution in [3.05, 3.63) is 23.9 Å². The van der Waals surface area contributed by atoms with Crippen LogP contribution in [-0.4, -0.2) is 43.2 Å². The average molecular weight is 249 g/mol. The van der Waals surface area contributed by atoms with Crippen molar-refractivity contribution in [2.75, 3.05) is 31.1 Å². The van der Waals surface area contributed by atoms with E-state index in [0.29, 0.717) is 18.2 Å². The highest BCUT2D eigenvalue weighted by atomic mass is 16.5. The molecule has 1 aromatic heterocycles. The van der Waals surface area contributed by atoms with Gasteiger partial charge < -0.3 is 15.0 Å². The Hall–Kier alpha value is -1.62. The van der Waals surface area contributed by atoms with Gasteiger partial charge in [-0.05, 0) is 26.0 Å².